The summed E-state index contributed by atoms with van der Waals surface area (Å²) < 4.78 is 5.09. The van der Waals surface area contributed by atoms with E-state index in [1.807, 2.05) is 12.1 Å². The lowest BCUT2D eigenvalue weighted by molar-refractivity contribution is 0.373. The fourth-order valence-corrected chi connectivity index (χ4v) is 2.18. The second-order valence-corrected chi connectivity index (χ2v) is 4.63. The smallest absolute Gasteiger partial charge is 0.226 e. The Bertz CT molecular complexity index is 485. The van der Waals surface area contributed by atoms with E-state index in [2.05, 4.69) is 17.1 Å². The SMILES string of the molecule is CCCc1nc(CSc2ccccc2O)no1. The molecule has 0 aliphatic heterocycles. The number of hydrogen-bond acceptors (Lipinski definition) is 5. The number of thioether (sulfide) groups is 1. The summed E-state index contributed by atoms with van der Waals surface area (Å²) in [6, 6.07) is 7.22. The second-order valence-electron chi connectivity index (χ2n) is 3.61. The van der Waals surface area contributed by atoms with Crippen LogP contribution in [0.2, 0.25) is 0 Å². The van der Waals surface area contributed by atoms with Gasteiger partial charge >= 0.3 is 0 Å². The minimum atomic E-state index is 0.287. The third-order valence-electron chi connectivity index (χ3n) is 2.20. The molecule has 0 unspecified atom stereocenters. The van der Waals surface area contributed by atoms with Crippen molar-refractivity contribution in [3.63, 3.8) is 0 Å². The van der Waals surface area contributed by atoms with Crippen molar-refractivity contribution in [1.29, 1.82) is 0 Å². The largest absolute Gasteiger partial charge is 0.507 e. The molecule has 0 spiro atoms. The van der Waals surface area contributed by atoms with Gasteiger partial charge in [-0.15, -0.1) is 11.8 Å². The molecule has 90 valence electrons. The van der Waals surface area contributed by atoms with Crippen LogP contribution < -0.4 is 0 Å². The number of aromatic nitrogens is 2. The topological polar surface area (TPSA) is 59.2 Å². The Kier molecular flexibility index (Phi) is 4.03. The molecule has 1 N–H and O–H groups in total. The van der Waals surface area contributed by atoms with Gasteiger partial charge in [-0.3, -0.25) is 0 Å². The molecule has 17 heavy (non-hydrogen) atoms. The predicted octanol–water partition coefficient (Wildman–Crippen LogP) is 3.02. The zero-order valence-electron chi connectivity index (χ0n) is 9.59. The first-order valence-electron chi connectivity index (χ1n) is 5.52. The van der Waals surface area contributed by atoms with Gasteiger partial charge in [0.15, 0.2) is 5.82 Å². The molecule has 0 atom stereocenters. The maximum absolute atomic E-state index is 9.59. The molecule has 1 aromatic heterocycles. The van der Waals surface area contributed by atoms with Gasteiger partial charge in [0.05, 0.1) is 5.75 Å². The van der Waals surface area contributed by atoms with Gasteiger partial charge in [-0.25, -0.2) is 0 Å². The Morgan fingerprint density at radius 3 is 2.94 bits per heavy atom. The summed E-state index contributed by atoms with van der Waals surface area (Å²) in [7, 11) is 0. The summed E-state index contributed by atoms with van der Waals surface area (Å²) >= 11 is 1.50. The van der Waals surface area contributed by atoms with Crippen LogP contribution >= 0.6 is 11.8 Å². The maximum Gasteiger partial charge on any atom is 0.226 e. The van der Waals surface area contributed by atoms with Gasteiger partial charge in [0.25, 0.3) is 0 Å². The van der Waals surface area contributed by atoms with E-state index in [-0.39, 0.29) is 5.75 Å². The molecule has 0 aliphatic carbocycles. The zero-order chi connectivity index (χ0) is 12.1. The summed E-state index contributed by atoms with van der Waals surface area (Å²) in [5, 5.41) is 13.5. The molecule has 0 bridgehead atoms. The molecular formula is C12H14N2O2S. The molecular weight excluding hydrogens is 236 g/mol. The van der Waals surface area contributed by atoms with Crippen LogP contribution in [0.25, 0.3) is 0 Å². The lowest BCUT2D eigenvalue weighted by Gasteiger charge is -2.00. The van der Waals surface area contributed by atoms with Crippen molar-refractivity contribution in [2.24, 2.45) is 0 Å². The molecule has 4 nitrogen and oxygen atoms in total. The molecule has 1 aromatic carbocycles. The van der Waals surface area contributed by atoms with E-state index in [4.69, 9.17) is 4.52 Å². The number of rotatable bonds is 5. The third-order valence-corrected chi connectivity index (χ3v) is 3.25. The van der Waals surface area contributed by atoms with Crippen molar-refractivity contribution in [3.8, 4) is 5.75 Å². The molecule has 0 amide bonds. The van der Waals surface area contributed by atoms with E-state index < -0.39 is 0 Å². The van der Waals surface area contributed by atoms with Gasteiger partial charge < -0.3 is 9.63 Å². The van der Waals surface area contributed by atoms with Crippen molar-refractivity contribution in [2.45, 2.75) is 30.4 Å². The molecule has 0 saturated carbocycles. The first-order chi connectivity index (χ1) is 8.29. The lowest BCUT2D eigenvalue weighted by atomic mass is 10.3. The van der Waals surface area contributed by atoms with Crippen LogP contribution in [-0.2, 0) is 12.2 Å². The van der Waals surface area contributed by atoms with Gasteiger partial charge in [0, 0.05) is 11.3 Å². The predicted molar refractivity (Wildman–Crippen MR) is 66.0 cm³/mol. The number of phenolic OH excluding ortho intramolecular Hbond substituents is 1. The number of phenols is 1. The van der Waals surface area contributed by atoms with E-state index >= 15 is 0 Å². The molecule has 5 heteroatoms. The van der Waals surface area contributed by atoms with Crippen LogP contribution in [0.4, 0.5) is 0 Å². The zero-order valence-corrected chi connectivity index (χ0v) is 10.4. The van der Waals surface area contributed by atoms with Crippen LogP contribution in [-0.4, -0.2) is 15.2 Å². The fraction of sp³-hybridized carbons (Fsp3) is 0.333. The van der Waals surface area contributed by atoms with Gasteiger partial charge in [-0.2, -0.15) is 4.98 Å². The molecule has 0 aliphatic rings. The van der Waals surface area contributed by atoms with Crippen molar-refractivity contribution in [2.75, 3.05) is 0 Å². The normalized spacial score (nSPS) is 10.6. The number of aromatic hydroxyl groups is 1. The van der Waals surface area contributed by atoms with Crippen LogP contribution in [0.15, 0.2) is 33.7 Å². The highest BCUT2D eigenvalue weighted by molar-refractivity contribution is 7.98. The quantitative estimate of drug-likeness (QED) is 0.826. The number of para-hydroxylation sites is 1. The van der Waals surface area contributed by atoms with Crippen LogP contribution in [0.5, 0.6) is 5.75 Å². The van der Waals surface area contributed by atoms with Gasteiger partial charge in [-0.1, -0.05) is 24.2 Å². The summed E-state index contributed by atoms with van der Waals surface area (Å²) in [4.78, 5) is 5.09. The van der Waals surface area contributed by atoms with Crippen LogP contribution in [0, 0.1) is 0 Å². The van der Waals surface area contributed by atoms with Gasteiger partial charge in [0.1, 0.15) is 5.75 Å². The lowest BCUT2D eigenvalue weighted by Crippen LogP contribution is -1.86. The molecule has 1 heterocycles. The fourth-order valence-electron chi connectivity index (χ4n) is 1.39. The molecule has 0 saturated heterocycles. The minimum absolute atomic E-state index is 0.287. The summed E-state index contributed by atoms with van der Waals surface area (Å²) in [6.07, 6.45) is 1.81. The average Bonchev–Trinajstić information content (AvgIpc) is 2.76. The van der Waals surface area contributed by atoms with E-state index in [9.17, 15) is 5.11 Å². The second kappa shape index (κ2) is 5.72. The summed E-state index contributed by atoms with van der Waals surface area (Å²) in [5.74, 6) is 2.24. The van der Waals surface area contributed by atoms with E-state index in [1.54, 1.807) is 12.1 Å². The number of aryl methyl sites for hydroxylation is 1. The maximum atomic E-state index is 9.59. The Morgan fingerprint density at radius 2 is 2.18 bits per heavy atom. The van der Waals surface area contributed by atoms with Crippen LogP contribution in [0.3, 0.4) is 0 Å². The molecule has 2 aromatic rings. The highest BCUT2D eigenvalue weighted by Gasteiger charge is 2.07. The number of nitrogens with zero attached hydrogens (tertiary/aromatic N) is 2. The number of benzene rings is 1. The third kappa shape index (κ3) is 3.23. The van der Waals surface area contributed by atoms with Gasteiger partial charge in [0.2, 0.25) is 5.89 Å². The van der Waals surface area contributed by atoms with Crippen molar-refractivity contribution in [1.82, 2.24) is 10.1 Å². The Hall–Kier alpha value is -1.49. The highest BCUT2D eigenvalue weighted by atomic mass is 32.2. The van der Waals surface area contributed by atoms with Gasteiger partial charge in [-0.05, 0) is 18.6 Å². The first-order valence-corrected chi connectivity index (χ1v) is 6.50. The summed E-state index contributed by atoms with van der Waals surface area (Å²) in [5.41, 5.74) is 0. The highest BCUT2D eigenvalue weighted by Crippen LogP contribution is 2.29. The van der Waals surface area contributed by atoms with Crippen molar-refractivity contribution in [3.05, 3.63) is 36.0 Å². The van der Waals surface area contributed by atoms with E-state index in [0.29, 0.717) is 17.5 Å². The Balaban J connectivity index is 1.95. The minimum Gasteiger partial charge on any atom is -0.507 e. The Labute approximate surface area is 104 Å². The Morgan fingerprint density at radius 1 is 1.35 bits per heavy atom. The average molecular weight is 250 g/mol. The van der Waals surface area contributed by atoms with Crippen molar-refractivity contribution >= 4 is 11.8 Å². The van der Waals surface area contributed by atoms with Crippen molar-refractivity contribution < 1.29 is 9.63 Å². The van der Waals surface area contributed by atoms with E-state index in [0.717, 1.165) is 17.7 Å². The van der Waals surface area contributed by atoms with E-state index in [1.165, 1.54) is 11.8 Å². The van der Waals surface area contributed by atoms with Crippen LogP contribution in [0.1, 0.15) is 25.1 Å². The monoisotopic (exact) mass is 250 g/mol. The summed E-state index contributed by atoms with van der Waals surface area (Å²) in [6.45, 7) is 2.07. The number of hydrogen-bond donors (Lipinski definition) is 1. The standard InChI is InChI=1S/C12H14N2O2S/c1-2-5-12-13-11(14-16-12)8-17-10-7-4-3-6-9(10)15/h3-4,6-7,15H,2,5,8H2,1H3. The first kappa shape index (κ1) is 12.0. The molecule has 2 rings (SSSR count). The molecule has 0 radical (unpaired) electrons. The molecule has 0 fully saturated rings.